The molecule has 0 fully saturated rings. The summed E-state index contributed by atoms with van der Waals surface area (Å²) >= 11 is 0. The summed E-state index contributed by atoms with van der Waals surface area (Å²) in [6, 6.07) is 0. The Hall–Kier alpha value is -1.32. The van der Waals surface area contributed by atoms with Crippen LogP contribution in [0.25, 0.3) is 0 Å². The highest BCUT2D eigenvalue weighted by Crippen LogP contribution is 2.15. The van der Waals surface area contributed by atoms with Crippen molar-refractivity contribution in [2.45, 2.75) is 32.7 Å². The number of hydrogen-bond acceptors (Lipinski definition) is 2. The average Bonchev–Trinajstić information content (AvgIpc) is 2.04. The number of carboxylic acids is 1. The number of likely N-dealkylation sites (N-methyl/N-ethyl adjacent to an activating group) is 1. The van der Waals surface area contributed by atoms with E-state index in [1.807, 2.05) is 0 Å². The molecule has 0 saturated heterocycles. The van der Waals surface area contributed by atoms with E-state index in [0.717, 1.165) is 0 Å². The van der Waals surface area contributed by atoms with E-state index in [-0.39, 0.29) is 12.3 Å². The highest BCUT2D eigenvalue weighted by Gasteiger charge is 2.36. The van der Waals surface area contributed by atoms with Crippen molar-refractivity contribution in [1.29, 1.82) is 0 Å². The third-order valence-electron chi connectivity index (χ3n) is 2.13. The summed E-state index contributed by atoms with van der Waals surface area (Å²) in [5, 5.41) is 8.94. The quantitative estimate of drug-likeness (QED) is 0.678. The highest BCUT2D eigenvalue weighted by molar-refractivity contribution is 5.86. The van der Waals surface area contributed by atoms with Gasteiger partial charge in [0.25, 0.3) is 0 Å². The summed E-state index contributed by atoms with van der Waals surface area (Å²) in [6.45, 7) is 8.61. The predicted octanol–water partition coefficient (Wildman–Crippen LogP) is 1.27. The van der Waals surface area contributed by atoms with Crippen molar-refractivity contribution in [3.63, 3.8) is 0 Å². The summed E-state index contributed by atoms with van der Waals surface area (Å²) in [6.07, 6.45) is 1.65. The molecule has 1 amide bonds. The summed E-state index contributed by atoms with van der Waals surface area (Å²) in [7, 11) is 0. The molecule has 0 aromatic heterocycles. The molecule has 1 N–H and O–H groups in total. The van der Waals surface area contributed by atoms with Crippen LogP contribution in [0.1, 0.15) is 27.2 Å². The zero-order valence-electron chi connectivity index (χ0n) is 8.91. The van der Waals surface area contributed by atoms with Crippen LogP contribution < -0.4 is 0 Å². The van der Waals surface area contributed by atoms with Gasteiger partial charge in [-0.05, 0) is 20.8 Å². The maximum Gasteiger partial charge on any atom is 0.329 e. The van der Waals surface area contributed by atoms with Crippen molar-refractivity contribution in [3.05, 3.63) is 12.7 Å². The molecule has 0 aromatic rings. The minimum Gasteiger partial charge on any atom is -0.480 e. The number of aliphatic carboxylic acids is 1. The minimum absolute atomic E-state index is 0.171. The van der Waals surface area contributed by atoms with Gasteiger partial charge in [-0.15, -0.1) is 6.58 Å². The van der Waals surface area contributed by atoms with E-state index < -0.39 is 11.5 Å². The van der Waals surface area contributed by atoms with Crippen molar-refractivity contribution < 1.29 is 14.7 Å². The normalized spacial score (nSPS) is 10.8. The molecular formula is C10H17NO3. The Kier molecular flexibility index (Phi) is 4.34. The van der Waals surface area contributed by atoms with Crippen LogP contribution in [-0.4, -0.2) is 34.0 Å². The van der Waals surface area contributed by atoms with Crippen molar-refractivity contribution in [1.82, 2.24) is 4.90 Å². The molecule has 0 aliphatic carbocycles. The molecule has 4 heteroatoms. The van der Waals surface area contributed by atoms with Gasteiger partial charge in [0, 0.05) is 13.0 Å². The standard InChI is InChI=1S/C10H17NO3/c1-5-7-8(12)11(6-2)10(3,4)9(13)14/h5H,1,6-7H2,2-4H3,(H,13,14). The van der Waals surface area contributed by atoms with E-state index >= 15 is 0 Å². The van der Waals surface area contributed by atoms with Crippen LogP contribution in [0, 0.1) is 0 Å². The van der Waals surface area contributed by atoms with Gasteiger partial charge in [0.05, 0.1) is 0 Å². The Balaban J connectivity index is 4.79. The van der Waals surface area contributed by atoms with E-state index in [9.17, 15) is 9.59 Å². The average molecular weight is 199 g/mol. The van der Waals surface area contributed by atoms with Gasteiger partial charge < -0.3 is 10.0 Å². The lowest BCUT2D eigenvalue weighted by Gasteiger charge is -2.34. The van der Waals surface area contributed by atoms with E-state index in [1.165, 1.54) is 24.8 Å². The van der Waals surface area contributed by atoms with E-state index in [0.29, 0.717) is 6.54 Å². The Bertz CT molecular complexity index is 246. The molecule has 0 aliphatic rings. The second kappa shape index (κ2) is 4.79. The van der Waals surface area contributed by atoms with Crippen molar-refractivity contribution in [2.24, 2.45) is 0 Å². The van der Waals surface area contributed by atoms with E-state index in [2.05, 4.69) is 6.58 Å². The van der Waals surface area contributed by atoms with Gasteiger partial charge in [-0.2, -0.15) is 0 Å². The Morgan fingerprint density at radius 2 is 2.00 bits per heavy atom. The van der Waals surface area contributed by atoms with Crippen LogP contribution >= 0.6 is 0 Å². The van der Waals surface area contributed by atoms with Crippen LogP contribution in [-0.2, 0) is 9.59 Å². The fraction of sp³-hybridized carbons (Fsp3) is 0.600. The van der Waals surface area contributed by atoms with Crippen LogP contribution in [0.15, 0.2) is 12.7 Å². The lowest BCUT2D eigenvalue weighted by molar-refractivity contribution is -0.156. The fourth-order valence-electron chi connectivity index (χ4n) is 1.23. The maximum absolute atomic E-state index is 11.5. The van der Waals surface area contributed by atoms with Gasteiger partial charge in [0.2, 0.25) is 5.91 Å². The van der Waals surface area contributed by atoms with Crippen LogP contribution in [0.3, 0.4) is 0 Å². The lowest BCUT2D eigenvalue weighted by Crippen LogP contribution is -2.52. The first-order valence-electron chi connectivity index (χ1n) is 4.52. The first-order chi connectivity index (χ1) is 6.37. The number of amides is 1. The van der Waals surface area contributed by atoms with Crippen LogP contribution in [0.4, 0.5) is 0 Å². The zero-order chi connectivity index (χ0) is 11.4. The fourth-order valence-corrected chi connectivity index (χ4v) is 1.23. The van der Waals surface area contributed by atoms with Crippen molar-refractivity contribution in [3.8, 4) is 0 Å². The van der Waals surface area contributed by atoms with Crippen LogP contribution in [0.2, 0.25) is 0 Å². The lowest BCUT2D eigenvalue weighted by atomic mass is 10.0. The molecule has 0 bridgehead atoms. The molecule has 0 heterocycles. The van der Waals surface area contributed by atoms with Crippen molar-refractivity contribution >= 4 is 11.9 Å². The SMILES string of the molecule is C=CCC(=O)N(CC)C(C)(C)C(=O)O. The molecule has 0 radical (unpaired) electrons. The molecule has 0 spiro atoms. The van der Waals surface area contributed by atoms with Gasteiger partial charge in [-0.25, -0.2) is 4.79 Å². The molecule has 0 aromatic carbocycles. The topological polar surface area (TPSA) is 57.6 Å². The van der Waals surface area contributed by atoms with Gasteiger partial charge >= 0.3 is 5.97 Å². The molecule has 0 aliphatic heterocycles. The van der Waals surface area contributed by atoms with Crippen LogP contribution in [0.5, 0.6) is 0 Å². The molecule has 0 atom stereocenters. The molecule has 14 heavy (non-hydrogen) atoms. The number of carbonyl (C=O) groups is 2. The van der Waals surface area contributed by atoms with Gasteiger partial charge in [0.15, 0.2) is 0 Å². The number of nitrogens with zero attached hydrogens (tertiary/aromatic N) is 1. The second-order valence-corrected chi connectivity index (χ2v) is 3.49. The third-order valence-corrected chi connectivity index (χ3v) is 2.13. The Morgan fingerprint density at radius 1 is 1.50 bits per heavy atom. The largest absolute Gasteiger partial charge is 0.480 e. The Morgan fingerprint density at radius 3 is 2.29 bits per heavy atom. The van der Waals surface area contributed by atoms with Gasteiger partial charge in [-0.1, -0.05) is 6.08 Å². The molecule has 0 saturated carbocycles. The predicted molar refractivity (Wildman–Crippen MR) is 53.9 cm³/mol. The third kappa shape index (κ3) is 2.58. The number of hydrogen-bond donors (Lipinski definition) is 1. The first-order valence-corrected chi connectivity index (χ1v) is 4.52. The molecule has 4 nitrogen and oxygen atoms in total. The number of carbonyl (C=O) groups excluding carboxylic acids is 1. The first kappa shape index (κ1) is 12.7. The summed E-state index contributed by atoms with van der Waals surface area (Å²) in [4.78, 5) is 23.8. The smallest absolute Gasteiger partial charge is 0.329 e. The summed E-state index contributed by atoms with van der Waals surface area (Å²) in [5.41, 5.74) is -1.16. The number of carboxylic acid groups (broad SMARTS) is 1. The maximum atomic E-state index is 11.5. The van der Waals surface area contributed by atoms with Crippen molar-refractivity contribution in [2.75, 3.05) is 6.54 Å². The zero-order valence-corrected chi connectivity index (χ0v) is 8.91. The van der Waals surface area contributed by atoms with Gasteiger partial charge in [0.1, 0.15) is 5.54 Å². The molecular weight excluding hydrogens is 182 g/mol. The summed E-state index contributed by atoms with van der Waals surface area (Å²) < 4.78 is 0. The summed E-state index contributed by atoms with van der Waals surface area (Å²) in [5.74, 6) is -1.22. The Labute approximate surface area is 84.2 Å². The monoisotopic (exact) mass is 199 g/mol. The molecule has 0 unspecified atom stereocenters. The molecule has 0 rings (SSSR count). The highest BCUT2D eigenvalue weighted by atomic mass is 16.4. The number of rotatable bonds is 5. The van der Waals surface area contributed by atoms with E-state index in [1.54, 1.807) is 6.92 Å². The minimum atomic E-state index is -1.16. The van der Waals surface area contributed by atoms with E-state index in [4.69, 9.17) is 5.11 Å². The molecule has 80 valence electrons. The second-order valence-electron chi connectivity index (χ2n) is 3.49. The van der Waals surface area contributed by atoms with Gasteiger partial charge in [-0.3, -0.25) is 4.79 Å².